The molecule has 3 N–H and O–H groups in total. The lowest BCUT2D eigenvalue weighted by Gasteiger charge is -2.06. The number of hydrazone groups is 1. The molecule has 0 bridgehead atoms. The van der Waals surface area contributed by atoms with Gasteiger partial charge in [-0.25, -0.2) is 5.43 Å². The number of benzene rings is 2. The molecule has 9 heteroatoms. The van der Waals surface area contributed by atoms with Gasteiger partial charge in [-0.15, -0.1) is 0 Å². The van der Waals surface area contributed by atoms with E-state index in [9.17, 15) is 14.7 Å². The fraction of sp³-hybridized carbons (Fsp3) is 0. The summed E-state index contributed by atoms with van der Waals surface area (Å²) in [6, 6.07) is 11.3. The predicted molar refractivity (Wildman–Crippen MR) is 98.7 cm³/mol. The molecule has 3 rings (SSSR count). The minimum atomic E-state index is -1.01. The molecular weight excluding hydrogens is 381 g/mol. The maximum absolute atomic E-state index is 11.9. The average molecular weight is 392 g/mol. The Labute approximate surface area is 157 Å². The Balaban J connectivity index is 1.66. The van der Waals surface area contributed by atoms with Crippen LogP contribution in [0, 0.1) is 0 Å². The lowest BCUT2D eigenvalue weighted by atomic mass is 10.2. The number of carbonyl (C=O) groups excluding carboxylic acids is 2. The minimum absolute atomic E-state index is 0.194. The number of anilines is 1. The third-order valence-corrected chi connectivity index (χ3v) is 3.91. The Hall–Kier alpha value is -3.03. The third kappa shape index (κ3) is 3.79. The average Bonchev–Trinajstić information content (AvgIpc) is 2.94. The molecule has 1 aromatic heterocycles. The van der Waals surface area contributed by atoms with E-state index >= 15 is 0 Å². The summed E-state index contributed by atoms with van der Waals surface area (Å²) < 4.78 is 5.15. The van der Waals surface area contributed by atoms with E-state index in [-0.39, 0.29) is 22.4 Å². The van der Waals surface area contributed by atoms with Crippen LogP contribution < -0.4 is 10.7 Å². The highest BCUT2D eigenvalue weighted by Gasteiger charge is 2.15. The monoisotopic (exact) mass is 391 g/mol. The van der Waals surface area contributed by atoms with Crippen molar-refractivity contribution in [2.75, 3.05) is 5.32 Å². The largest absolute Gasteiger partial charge is 0.480 e. The smallest absolute Gasteiger partial charge is 0.329 e. The van der Waals surface area contributed by atoms with Gasteiger partial charge in [-0.3, -0.25) is 9.59 Å². The zero-order valence-corrected chi connectivity index (χ0v) is 14.5. The minimum Gasteiger partial charge on any atom is -0.480 e. The lowest BCUT2D eigenvalue weighted by Crippen LogP contribution is -2.32. The van der Waals surface area contributed by atoms with Crippen LogP contribution in [-0.2, 0) is 9.59 Å². The van der Waals surface area contributed by atoms with Gasteiger partial charge in [0.1, 0.15) is 0 Å². The molecule has 0 aliphatic heterocycles. The third-order valence-electron chi connectivity index (χ3n) is 3.36. The fourth-order valence-electron chi connectivity index (χ4n) is 2.16. The van der Waals surface area contributed by atoms with Crippen molar-refractivity contribution in [2.24, 2.45) is 5.10 Å². The zero-order chi connectivity index (χ0) is 18.7. The number of carbonyl (C=O) groups is 2. The second-order valence-corrected chi connectivity index (χ2v) is 5.94. The van der Waals surface area contributed by atoms with Gasteiger partial charge in [-0.2, -0.15) is 5.10 Å². The van der Waals surface area contributed by atoms with E-state index in [1.807, 2.05) is 0 Å². The summed E-state index contributed by atoms with van der Waals surface area (Å²) in [4.78, 5) is 23.7. The highest BCUT2D eigenvalue weighted by molar-refractivity contribution is 6.42. The molecule has 0 radical (unpaired) electrons. The molecule has 2 amide bonds. The van der Waals surface area contributed by atoms with Gasteiger partial charge in [0.25, 0.3) is 5.95 Å². The maximum atomic E-state index is 11.9. The van der Waals surface area contributed by atoms with Crippen molar-refractivity contribution >= 4 is 57.7 Å². The van der Waals surface area contributed by atoms with Gasteiger partial charge in [0.2, 0.25) is 0 Å². The van der Waals surface area contributed by atoms with Crippen molar-refractivity contribution in [3.05, 3.63) is 58.3 Å². The molecule has 2 aromatic carbocycles. The van der Waals surface area contributed by atoms with Crippen LogP contribution in [0.1, 0.15) is 5.76 Å². The normalized spacial score (nSPS) is 11.0. The summed E-state index contributed by atoms with van der Waals surface area (Å²) in [6.07, 6.45) is 1.18. The number of furan rings is 1. The van der Waals surface area contributed by atoms with Crippen molar-refractivity contribution in [3.63, 3.8) is 0 Å². The number of hydrogen-bond acceptors (Lipinski definition) is 5. The summed E-state index contributed by atoms with van der Waals surface area (Å²) in [5.74, 6) is -1.99. The highest BCUT2D eigenvalue weighted by atomic mass is 35.5. The van der Waals surface area contributed by atoms with Crippen LogP contribution in [0.2, 0.25) is 10.0 Å². The second kappa shape index (κ2) is 7.47. The van der Waals surface area contributed by atoms with Crippen LogP contribution in [-0.4, -0.2) is 23.1 Å². The molecule has 1 heterocycles. The number of rotatable bonds is 3. The summed E-state index contributed by atoms with van der Waals surface area (Å²) in [6.45, 7) is 0. The van der Waals surface area contributed by atoms with Crippen LogP contribution in [0.3, 0.4) is 0 Å². The first-order valence-corrected chi connectivity index (χ1v) is 8.01. The van der Waals surface area contributed by atoms with Crippen molar-refractivity contribution in [2.45, 2.75) is 0 Å². The van der Waals surface area contributed by atoms with E-state index < -0.39 is 11.8 Å². The number of amides is 2. The number of halogens is 2. The lowest BCUT2D eigenvalue weighted by molar-refractivity contribution is -0.136. The maximum Gasteiger partial charge on any atom is 0.329 e. The molecule has 0 aliphatic carbocycles. The molecule has 0 unspecified atom stereocenters. The summed E-state index contributed by atoms with van der Waals surface area (Å²) in [7, 11) is 0. The van der Waals surface area contributed by atoms with Crippen LogP contribution >= 0.6 is 23.2 Å². The number of nitrogens with one attached hydrogen (secondary N) is 2. The Morgan fingerprint density at radius 3 is 2.54 bits per heavy atom. The van der Waals surface area contributed by atoms with Crippen molar-refractivity contribution < 1.29 is 19.1 Å². The van der Waals surface area contributed by atoms with Gasteiger partial charge in [0.15, 0.2) is 5.76 Å². The Kier molecular flexibility index (Phi) is 5.11. The Morgan fingerprint density at radius 1 is 1.08 bits per heavy atom. The quantitative estimate of drug-likeness (QED) is 0.360. The number of hydrogen-bond donors (Lipinski definition) is 3. The van der Waals surface area contributed by atoms with Crippen LogP contribution in [0.5, 0.6) is 5.95 Å². The van der Waals surface area contributed by atoms with Crippen LogP contribution in [0.25, 0.3) is 10.8 Å². The SMILES string of the molecule is O=C(N/N=C\c1oc(O)c2ccccc12)C(=O)Nc1ccc(Cl)cc1Cl. The van der Waals surface area contributed by atoms with E-state index in [0.29, 0.717) is 15.8 Å². The molecule has 7 nitrogen and oxygen atoms in total. The van der Waals surface area contributed by atoms with Crippen molar-refractivity contribution in [1.82, 2.24) is 5.43 Å². The fourth-order valence-corrected chi connectivity index (χ4v) is 2.62. The first-order valence-electron chi connectivity index (χ1n) is 7.25. The topological polar surface area (TPSA) is 104 Å². The van der Waals surface area contributed by atoms with Gasteiger partial charge in [0.05, 0.1) is 22.3 Å². The van der Waals surface area contributed by atoms with E-state index in [1.54, 1.807) is 24.3 Å². The second-order valence-electron chi connectivity index (χ2n) is 5.09. The zero-order valence-electron chi connectivity index (χ0n) is 13.0. The Bertz CT molecular complexity index is 1030. The van der Waals surface area contributed by atoms with Gasteiger partial charge in [0, 0.05) is 10.4 Å². The van der Waals surface area contributed by atoms with Crippen molar-refractivity contribution in [1.29, 1.82) is 0 Å². The molecule has 0 saturated carbocycles. The predicted octanol–water partition coefficient (Wildman–Crippen LogP) is 3.53. The molecular formula is C17H11Cl2N3O4. The number of fused-ring (bicyclic) bond motifs is 1. The van der Waals surface area contributed by atoms with Crippen LogP contribution in [0.15, 0.2) is 52.0 Å². The molecule has 132 valence electrons. The first-order chi connectivity index (χ1) is 12.5. The Morgan fingerprint density at radius 2 is 1.81 bits per heavy atom. The van der Waals surface area contributed by atoms with Gasteiger partial charge in [-0.1, -0.05) is 41.4 Å². The molecule has 3 aromatic rings. The first kappa shape index (κ1) is 17.8. The summed E-state index contributed by atoms with van der Waals surface area (Å²) in [5.41, 5.74) is 2.30. The van der Waals surface area contributed by atoms with Gasteiger partial charge >= 0.3 is 11.8 Å². The van der Waals surface area contributed by atoms with Gasteiger partial charge < -0.3 is 14.8 Å². The molecule has 0 aliphatic rings. The van der Waals surface area contributed by atoms with Crippen molar-refractivity contribution in [3.8, 4) is 5.95 Å². The van der Waals surface area contributed by atoms with Gasteiger partial charge in [-0.05, 0) is 24.3 Å². The van der Waals surface area contributed by atoms with E-state index in [1.165, 1.54) is 24.4 Å². The van der Waals surface area contributed by atoms with E-state index in [0.717, 1.165) is 0 Å². The molecule has 0 spiro atoms. The molecule has 0 fully saturated rings. The number of nitrogens with zero attached hydrogens (tertiary/aromatic N) is 1. The molecule has 26 heavy (non-hydrogen) atoms. The standard InChI is InChI=1S/C17H11Cl2N3O4/c18-9-5-6-13(12(19)7-9)21-15(23)16(24)22-20-8-14-10-3-1-2-4-11(10)17(25)26-14/h1-8,25H,(H,21,23)(H,22,24)/b20-8-. The summed E-state index contributed by atoms with van der Waals surface area (Å²) >= 11 is 11.7. The molecule has 0 saturated heterocycles. The molecule has 0 atom stereocenters. The summed E-state index contributed by atoms with van der Waals surface area (Å²) in [5, 5.41) is 17.4. The van der Waals surface area contributed by atoms with E-state index in [4.69, 9.17) is 27.6 Å². The highest BCUT2D eigenvalue weighted by Crippen LogP contribution is 2.29. The van der Waals surface area contributed by atoms with Crippen LogP contribution in [0.4, 0.5) is 5.69 Å². The van der Waals surface area contributed by atoms with E-state index in [2.05, 4.69) is 15.8 Å². The number of aromatic hydroxyl groups is 1.